The summed E-state index contributed by atoms with van der Waals surface area (Å²) in [6.07, 6.45) is 5.02. The van der Waals surface area contributed by atoms with Crippen molar-refractivity contribution in [2.45, 2.75) is 69.4 Å². The molecule has 2 N–H and O–H groups in total. The van der Waals surface area contributed by atoms with Gasteiger partial charge in [0.2, 0.25) is 21.8 Å². The van der Waals surface area contributed by atoms with Gasteiger partial charge in [-0.05, 0) is 49.9 Å². The monoisotopic (exact) mass is 393 g/mol. The van der Waals surface area contributed by atoms with Crippen LogP contribution in [0.5, 0.6) is 0 Å². The van der Waals surface area contributed by atoms with Crippen molar-refractivity contribution in [3.8, 4) is 0 Å². The highest BCUT2D eigenvalue weighted by molar-refractivity contribution is 7.89. The molecule has 2 amide bonds. The number of hydrogen-bond donors (Lipinski definition) is 2. The van der Waals surface area contributed by atoms with Gasteiger partial charge in [0.25, 0.3) is 0 Å². The van der Waals surface area contributed by atoms with Crippen molar-refractivity contribution in [2.75, 3.05) is 11.4 Å². The number of carbonyl (C=O) groups is 2. The van der Waals surface area contributed by atoms with Crippen LogP contribution in [0, 0.1) is 0 Å². The highest BCUT2D eigenvalue weighted by Crippen LogP contribution is 2.33. The summed E-state index contributed by atoms with van der Waals surface area (Å²) in [6.45, 7) is 3.51. The third kappa shape index (κ3) is 4.50. The zero-order valence-corrected chi connectivity index (χ0v) is 16.6. The van der Waals surface area contributed by atoms with E-state index < -0.39 is 10.0 Å². The number of nitrogens with one attached hydrogen (secondary N) is 2. The number of hydrogen-bond acceptors (Lipinski definition) is 4. The van der Waals surface area contributed by atoms with Gasteiger partial charge < -0.3 is 10.2 Å². The molecule has 148 valence electrons. The first-order valence-electron chi connectivity index (χ1n) is 9.49. The summed E-state index contributed by atoms with van der Waals surface area (Å²) in [5, 5.41) is 2.95. The van der Waals surface area contributed by atoms with E-state index >= 15 is 0 Å². The van der Waals surface area contributed by atoms with Crippen LogP contribution in [0.2, 0.25) is 0 Å². The van der Waals surface area contributed by atoms with E-state index in [0.717, 1.165) is 36.9 Å². The molecule has 1 aromatic carbocycles. The van der Waals surface area contributed by atoms with E-state index in [-0.39, 0.29) is 41.8 Å². The lowest BCUT2D eigenvalue weighted by Crippen LogP contribution is -2.35. The van der Waals surface area contributed by atoms with Gasteiger partial charge in [-0.15, -0.1) is 0 Å². The number of carbonyl (C=O) groups excluding carboxylic acids is 2. The second-order valence-corrected chi connectivity index (χ2v) is 9.20. The van der Waals surface area contributed by atoms with Gasteiger partial charge in [-0.2, -0.15) is 0 Å². The fourth-order valence-electron chi connectivity index (χ4n) is 4.01. The van der Waals surface area contributed by atoms with Crippen LogP contribution in [0.15, 0.2) is 23.1 Å². The molecule has 1 aliphatic heterocycles. The largest absolute Gasteiger partial charge is 0.353 e. The fourth-order valence-corrected chi connectivity index (χ4v) is 5.09. The lowest BCUT2D eigenvalue weighted by molar-refractivity contribution is -0.121. The standard InChI is InChI=1S/C19H27N3O4S/c1-13-11-15-12-17(7-8-18(15)22(13)14(2)23)27(25,26)20-10-9-19(24)21-16-5-3-4-6-16/h7-8,12-13,16,20H,3-6,9-11H2,1-2H3,(H,21,24). The van der Waals surface area contributed by atoms with Gasteiger partial charge in [-0.3, -0.25) is 9.59 Å². The Morgan fingerprint density at radius 3 is 2.59 bits per heavy atom. The number of rotatable bonds is 6. The molecule has 1 aliphatic carbocycles. The maximum Gasteiger partial charge on any atom is 0.240 e. The molecule has 1 saturated carbocycles. The Kier molecular flexibility index (Phi) is 5.86. The van der Waals surface area contributed by atoms with Crippen molar-refractivity contribution in [1.82, 2.24) is 10.0 Å². The van der Waals surface area contributed by atoms with Crippen molar-refractivity contribution in [3.63, 3.8) is 0 Å². The minimum Gasteiger partial charge on any atom is -0.353 e. The van der Waals surface area contributed by atoms with E-state index in [0.29, 0.717) is 6.42 Å². The van der Waals surface area contributed by atoms with Gasteiger partial charge in [-0.25, -0.2) is 13.1 Å². The fraction of sp³-hybridized carbons (Fsp3) is 0.579. The predicted octanol–water partition coefficient (Wildman–Crippen LogP) is 1.71. The molecule has 2 aliphatic rings. The highest BCUT2D eigenvalue weighted by Gasteiger charge is 2.30. The lowest BCUT2D eigenvalue weighted by atomic mass is 10.1. The van der Waals surface area contributed by atoms with Crippen LogP contribution in [-0.2, 0) is 26.0 Å². The summed E-state index contributed by atoms with van der Waals surface area (Å²) in [7, 11) is -3.69. The molecule has 3 rings (SSSR count). The Balaban J connectivity index is 1.60. The van der Waals surface area contributed by atoms with Crippen LogP contribution in [0.1, 0.15) is 51.5 Å². The second-order valence-electron chi connectivity index (χ2n) is 7.43. The lowest BCUT2D eigenvalue weighted by Gasteiger charge is -2.20. The average molecular weight is 394 g/mol. The minimum absolute atomic E-state index is 0.0164. The van der Waals surface area contributed by atoms with E-state index in [2.05, 4.69) is 10.0 Å². The highest BCUT2D eigenvalue weighted by atomic mass is 32.2. The van der Waals surface area contributed by atoms with Crippen molar-refractivity contribution >= 4 is 27.5 Å². The van der Waals surface area contributed by atoms with Gasteiger partial charge in [-0.1, -0.05) is 12.8 Å². The molecule has 1 aromatic rings. The molecule has 1 atom stereocenters. The molecule has 0 radical (unpaired) electrons. The van der Waals surface area contributed by atoms with Gasteiger partial charge in [0.15, 0.2) is 0 Å². The first-order chi connectivity index (χ1) is 12.8. The Morgan fingerprint density at radius 2 is 1.93 bits per heavy atom. The first kappa shape index (κ1) is 19.8. The zero-order chi connectivity index (χ0) is 19.6. The molecule has 1 fully saturated rings. The summed E-state index contributed by atoms with van der Waals surface area (Å²) in [4.78, 5) is 25.6. The first-order valence-corrected chi connectivity index (χ1v) is 11.0. The van der Waals surface area contributed by atoms with Crippen molar-refractivity contribution < 1.29 is 18.0 Å². The van der Waals surface area contributed by atoms with Crippen LogP contribution < -0.4 is 14.9 Å². The van der Waals surface area contributed by atoms with E-state index in [4.69, 9.17) is 0 Å². The van der Waals surface area contributed by atoms with Gasteiger partial charge in [0.05, 0.1) is 4.90 Å². The quantitative estimate of drug-likeness (QED) is 0.769. The number of amides is 2. The number of nitrogens with zero attached hydrogens (tertiary/aromatic N) is 1. The average Bonchev–Trinajstić information content (AvgIpc) is 3.20. The molecule has 27 heavy (non-hydrogen) atoms. The maximum atomic E-state index is 12.5. The number of fused-ring (bicyclic) bond motifs is 1. The van der Waals surface area contributed by atoms with E-state index in [9.17, 15) is 18.0 Å². The van der Waals surface area contributed by atoms with Crippen LogP contribution >= 0.6 is 0 Å². The molecule has 0 spiro atoms. The smallest absolute Gasteiger partial charge is 0.240 e. The molecular weight excluding hydrogens is 366 g/mol. The molecule has 7 nitrogen and oxygen atoms in total. The second kappa shape index (κ2) is 7.98. The predicted molar refractivity (Wildman–Crippen MR) is 103 cm³/mol. The van der Waals surface area contributed by atoms with Crippen LogP contribution in [-0.4, -0.2) is 38.9 Å². The topological polar surface area (TPSA) is 95.6 Å². The number of anilines is 1. The molecule has 0 bridgehead atoms. The molecule has 1 unspecified atom stereocenters. The number of benzene rings is 1. The summed E-state index contributed by atoms with van der Waals surface area (Å²) >= 11 is 0. The maximum absolute atomic E-state index is 12.5. The molecule has 8 heteroatoms. The molecule has 0 saturated heterocycles. The summed E-state index contributed by atoms with van der Waals surface area (Å²) in [5.41, 5.74) is 1.62. The molecular formula is C19H27N3O4S. The third-order valence-corrected chi connectivity index (χ3v) is 6.74. The minimum atomic E-state index is -3.69. The van der Waals surface area contributed by atoms with Crippen LogP contribution in [0.4, 0.5) is 5.69 Å². The van der Waals surface area contributed by atoms with E-state index in [1.54, 1.807) is 17.0 Å². The Labute approximate surface area is 160 Å². The summed E-state index contributed by atoms with van der Waals surface area (Å²) < 4.78 is 27.6. The zero-order valence-electron chi connectivity index (χ0n) is 15.8. The van der Waals surface area contributed by atoms with E-state index in [1.165, 1.54) is 13.0 Å². The van der Waals surface area contributed by atoms with Gasteiger partial charge >= 0.3 is 0 Å². The van der Waals surface area contributed by atoms with Gasteiger partial charge in [0, 0.05) is 37.7 Å². The van der Waals surface area contributed by atoms with Gasteiger partial charge in [0.1, 0.15) is 0 Å². The summed E-state index contributed by atoms with van der Waals surface area (Å²) in [5.74, 6) is -0.173. The van der Waals surface area contributed by atoms with Crippen molar-refractivity contribution in [3.05, 3.63) is 23.8 Å². The normalized spacial score (nSPS) is 19.9. The Bertz CT molecular complexity index is 831. The van der Waals surface area contributed by atoms with Crippen LogP contribution in [0.25, 0.3) is 0 Å². The molecule has 0 aromatic heterocycles. The van der Waals surface area contributed by atoms with E-state index in [1.807, 2.05) is 6.92 Å². The van der Waals surface area contributed by atoms with Crippen molar-refractivity contribution in [1.29, 1.82) is 0 Å². The summed E-state index contributed by atoms with van der Waals surface area (Å²) in [6, 6.07) is 5.06. The van der Waals surface area contributed by atoms with Crippen molar-refractivity contribution in [2.24, 2.45) is 0 Å². The third-order valence-electron chi connectivity index (χ3n) is 5.28. The SMILES string of the molecule is CC(=O)N1c2ccc(S(=O)(=O)NCCC(=O)NC3CCCC3)cc2CC1C. The Morgan fingerprint density at radius 1 is 1.22 bits per heavy atom. The molecule has 1 heterocycles. The number of sulfonamides is 1. The Hall–Kier alpha value is -1.93. The van der Waals surface area contributed by atoms with Crippen LogP contribution in [0.3, 0.4) is 0 Å².